The second-order valence-electron chi connectivity index (χ2n) is 4.47. The molecule has 106 valence electrons. The number of benzene rings is 2. The van der Waals surface area contributed by atoms with Crippen LogP contribution in [0.1, 0.15) is 10.4 Å². The van der Waals surface area contributed by atoms with E-state index in [1.54, 1.807) is 24.3 Å². The van der Waals surface area contributed by atoms with Crippen molar-refractivity contribution in [1.82, 2.24) is 4.57 Å². The van der Waals surface area contributed by atoms with E-state index < -0.39 is 35.3 Å². The number of hydrogen-bond donors (Lipinski definition) is 0. The molecular formula is C15H9F2NO3. The molecule has 0 atom stereocenters. The van der Waals surface area contributed by atoms with E-state index in [1.165, 1.54) is 0 Å². The predicted octanol–water partition coefficient (Wildman–Crippen LogP) is 2.76. The lowest BCUT2D eigenvalue weighted by atomic mass is 10.1. The molecule has 0 N–H and O–H groups in total. The highest BCUT2D eigenvalue weighted by molar-refractivity contribution is 5.96. The summed E-state index contributed by atoms with van der Waals surface area (Å²) in [5.41, 5.74) is 0.356. The number of fused-ring (bicyclic) bond motifs is 1. The molecule has 0 unspecified atom stereocenters. The van der Waals surface area contributed by atoms with Crippen LogP contribution in [0.4, 0.5) is 8.78 Å². The molecule has 0 amide bonds. The number of para-hydroxylation sites is 2. The van der Waals surface area contributed by atoms with E-state index in [1.807, 2.05) is 0 Å². The molecule has 2 aromatic carbocycles. The molecule has 21 heavy (non-hydrogen) atoms. The number of oxazole rings is 1. The number of carbonyl (C=O) groups is 1. The van der Waals surface area contributed by atoms with Crippen LogP contribution in [-0.2, 0) is 6.54 Å². The Bertz CT molecular complexity index is 895. The van der Waals surface area contributed by atoms with Gasteiger partial charge in [0.25, 0.3) is 0 Å². The van der Waals surface area contributed by atoms with E-state index in [9.17, 15) is 18.4 Å². The van der Waals surface area contributed by atoms with E-state index in [4.69, 9.17) is 4.42 Å². The van der Waals surface area contributed by atoms with Gasteiger partial charge in [0.1, 0.15) is 11.6 Å². The van der Waals surface area contributed by atoms with Crippen molar-refractivity contribution in [2.75, 3.05) is 0 Å². The molecule has 0 aliphatic rings. The van der Waals surface area contributed by atoms with Crippen LogP contribution in [0.5, 0.6) is 0 Å². The minimum Gasteiger partial charge on any atom is -0.408 e. The lowest BCUT2D eigenvalue weighted by Crippen LogP contribution is -2.20. The first-order valence-electron chi connectivity index (χ1n) is 6.13. The quantitative estimate of drug-likeness (QED) is 0.697. The van der Waals surface area contributed by atoms with Gasteiger partial charge in [-0.25, -0.2) is 13.6 Å². The largest absolute Gasteiger partial charge is 0.420 e. The van der Waals surface area contributed by atoms with Crippen LogP contribution in [-0.4, -0.2) is 10.4 Å². The molecular weight excluding hydrogens is 280 g/mol. The Hall–Kier alpha value is -2.76. The summed E-state index contributed by atoms with van der Waals surface area (Å²) in [5, 5.41) is 0. The maximum absolute atomic E-state index is 13.6. The van der Waals surface area contributed by atoms with Crippen molar-refractivity contribution in [2.45, 2.75) is 6.54 Å². The summed E-state index contributed by atoms with van der Waals surface area (Å²) < 4.78 is 32.7. The molecule has 0 saturated heterocycles. The van der Waals surface area contributed by atoms with Crippen molar-refractivity contribution in [3.63, 3.8) is 0 Å². The van der Waals surface area contributed by atoms with Gasteiger partial charge in [-0.1, -0.05) is 12.1 Å². The molecule has 0 aliphatic carbocycles. The third kappa shape index (κ3) is 2.35. The van der Waals surface area contributed by atoms with Crippen LogP contribution in [0.3, 0.4) is 0 Å². The highest BCUT2D eigenvalue weighted by atomic mass is 19.1. The van der Waals surface area contributed by atoms with Gasteiger partial charge in [0.15, 0.2) is 11.4 Å². The first-order valence-corrected chi connectivity index (χ1v) is 6.13. The first kappa shape index (κ1) is 13.2. The van der Waals surface area contributed by atoms with Gasteiger partial charge < -0.3 is 4.42 Å². The Kier molecular flexibility index (Phi) is 3.13. The van der Waals surface area contributed by atoms with E-state index in [2.05, 4.69) is 0 Å². The van der Waals surface area contributed by atoms with Crippen molar-refractivity contribution in [1.29, 1.82) is 0 Å². The van der Waals surface area contributed by atoms with Gasteiger partial charge in [0.05, 0.1) is 17.6 Å². The number of hydrogen-bond acceptors (Lipinski definition) is 3. The minimum atomic E-state index is -0.831. The average Bonchev–Trinajstić information content (AvgIpc) is 2.78. The van der Waals surface area contributed by atoms with Crippen molar-refractivity contribution < 1.29 is 18.0 Å². The van der Waals surface area contributed by atoms with E-state index in [0.717, 1.165) is 22.8 Å². The van der Waals surface area contributed by atoms with E-state index in [-0.39, 0.29) is 0 Å². The van der Waals surface area contributed by atoms with Crippen LogP contribution in [0.2, 0.25) is 0 Å². The normalized spacial score (nSPS) is 11.0. The second-order valence-corrected chi connectivity index (χ2v) is 4.47. The summed E-state index contributed by atoms with van der Waals surface area (Å²) in [4.78, 5) is 23.8. The number of aromatic nitrogens is 1. The molecule has 4 nitrogen and oxygen atoms in total. The lowest BCUT2D eigenvalue weighted by Gasteiger charge is -2.03. The number of carbonyl (C=O) groups excluding carboxylic acids is 1. The number of rotatable bonds is 3. The fourth-order valence-electron chi connectivity index (χ4n) is 2.10. The van der Waals surface area contributed by atoms with Crippen LogP contribution >= 0.6 is 0 Å². The highest BCUT2D eigenvalue weighted by Crippen LogP contribution is 2.15. The van der Waals surface area contributed by atoms with Gasteiger partial charge in [0, 0.05) is 0 Å². The summed E-state index contributed by atoms with van der Waals surface area (Å²) >= 11 is 0. The zero-order chi connectivity index (χ0) is 15.0. The van der Waals surface area contributed by atoms with Crippen LogP contribution in [0, 0.1) is 11.6 Å². The van der Waals surface area contributed by atoms with Crippen molar-refractivity contribution in [2.24, 2.45) is 0 Å². The van der Waals surface area contributed by atoms with Gasteiger partial charge in [-0.15, -0.1) is 0 Å². The van der Waals surface area contributed by atoms with Gasteiger partial charge in [-0.2, -0.15) is 0 Å². The fraction of sp³-hybridized carbons (Fsp3) is 0.0667. The number of ketones is 1. The average molecular weight is 289 g/mol. The van der Waals surface area contributed by atoms with Crippen LogP contribution in [0.15, 0.2) is 51.7 Å². The Morgan fingerprint density at radius 1 is 1.14 bits per heavy atom. The Morgan fingerprint density at radius 2 is 1.90 bits per heavy atom. The van der Waals surface area contributed by atoms with Crippen LogP contribution in [0.25, 0.3) is 11.1 Å². The van der Waals surface area contributed by atoms with Gasteiger partial charge in [-0.3, -0.25) is 9.36 Å². The molecule has 3 aromatic rings. The Morgan fingerprint density at radius 3 is 2.71 bits per heavy atom. The molecule has 1 aromatic heterocycles. The highest BCUT2D eigenvalue weighted by Gasteiger charge is 2.17. The second kappa shape index (κ2) is 4.97. The van der Waals surface area contributed by atoms with Crippen molar-refractivity contribution in [3.8, 4) is 0 Å². The zero-order valence-corrected chi connectivity index (χ0v) is 10.7. The summed E-state index contributed by atoms with van der Waals surface area (Å²) in [6, 6.07) is 9.16. The molecule has 1 heterocycles. The Labute approximate surface area is 117 Å². The fourth-order valence-corrected chi connectivity index (χ4v) is 2.10. The van der Waals surface area contributed by atoms with Gasteiger partial charge >= 0.3 is 5.76 Å². The molecule has 0 bridgehead atoms. The molecule has 3 rings (SSSR count). The third-order valence-corrected chi connectivity index (χ3v) is 3.10. The third-order valence-electron chi connectivity index (χ3n) is 3.10. The first-order chi connectivity index (χ1) is 10.1. The summed E-state index contributed by atoms with van der Waals surface area (Å²) in [6.07, 6.45) is 0. The van der Waals surface area contributed by atoms with E-state index >= 15 is 0 Å². The van der Waals surface area contributed by atoms with Gasteiger partial charge in [0.2, 0.25) is 0 Å². The molecule has 0 fully saturated rings. The molecule has 0 aliphatic heterocycles. The topological polar surface area (TPSA) is 52.2 Å². The molecule has 6 heteroatoms. The van der Waals surface area contributed by atoms with Crippen molar-refractivity contribution >= 4 is 16.9 Å². The van der Waals surface area contributed by atoms with E-state index in [0.29, 0.717) is 11.1 Å². The van der Waals surface area contributed by atoms with Crippen molar-refractivity contribution in [3.05, 3.63) is 70.2 Å². The Balaban J connectivity index is 2.02. The molecule has 0 radical (unpaired) electrons. The van der Waals surface area contributed by atoms with Gasteiger partial charge in [-0.05, 0) is 30.3 Å². The molecule has 0 spiro atoms. The smallest absolute Gasteiger partial charge is 0.408 e. The SMILES string of the molecule is O=C(Cn1c(=O)oc2ccccc21)c1cc(F)ccc1F. The maximum atomic E-state index is 13.6. The number of nitrogens with zero attached hydrogens (tertiary/aromatic N) is 1. The zero-order valence-electron chi connectivity index (χ0n) is 10.7. The summed E-state index contributed by atoms with van der Waals surface area (Å²) in [7, 11) is 0. The standard InChI is InChI=1S/C15H9F2NO3/c16-9-5-6-11(17)10(7-9)13(19)8-18-12-3-1-2-4-14(12)21-15(18)20/h1-7H,8H2. The predicted molar refractivity (Wildman–Crippen MR) is 71.2 cm³/mol. The summed E-state index contributed by atoms with van der Waals surface area (Å²) in [5.74, 6) is -2.98. The number of halogens is 2. The number of Topliss-reactive ketones (excluding diaryl/α,β-unsaturated/α-hetero) is 1. The monoisotopic (exact) mass is 289 g/mol. The lowest BCUT2D eigenvalue weighted by molar-refractivity contribution is 0.0966. The maximum Gasteiger partial charge on any atom is 0.420 e. The molecule has 0 saturated carbocycles. The minimum absolute atomic E-state index is 0.329. The van der Waals surface area contributed by atoms with Crippen LogP contribution < -0.4 is 5.76 Å². The summed E-state index contributed by atoms with van der Waals surface area (Å²) in [6.45, 7) is -0.420.